The highest BCUT2D eigenvalue weighted by molar-refractivity contribution is 5.34. The van der Waals surface area contributed by atoms with Crippen LogP contribution in [0.25, 0.3) is 0 Å². The Kier molecular flexibility index (Phi) is 2.70. The summed E-state index contributed by atoms with van der Waals surface area (Å²) in [4.78, 5) is 0. The molecule has 16 heavy (non-hydrogen) atoms. The predicted molar refractivity (Wildman–Crippen MR) is 64.4 cm³/mol. The van der Waals surface area contributed by atoms with E-state index in [2.05, 4.69) is 23.5 Å². The Morgan fingerprint density at radius 3 is 2.62 bits per heavy atom. The summed E-state index contributed by atoms with van der Waals surface area (Å²) in [5.74, 6) is 0.715. The fourth-order valence-corrected chi connectivity index (χ4v) is 2.26. The molecule has 1 unspecified atom stereocenters. The minimum atomic E-state index is -0.336. The molecule has 2 aliphatic carbocycles. The van der Waals surface area contributed by atoms with Crippen molar-refractivity contribution in [3.8, 4) is 0 Å². The highest BCUT2D eigenvalue weighted by Crippen LogP contribution is 2.42. The van der Waals surface area contributed by atoms with E-state index in [4.69, 9.17) is 0 Å². The molecule has 0 heterocycles. The standard InChI is InChI=1S/C14H19NO/c16-14(9-15-11-7-8-11)13-4-2-1-3-12(13)10-5-6-10/h1-4,10-11,14-16H,5-9H2. The van der Waals surface area contributed by atoms with Gasteiger partial charge in [0.15, 0.2) is 0 Å². The van der Waals surface area contributed by atoms with E-state index in [-0.39, 0.29) is 6.10 Å². The van der Waals surface area contributed by atoms with Crippen molar-refractivity contribution in [2.24, 2.45) is 0 Å². The lowest BCUT2D eigenvalue weighted by atomic mass is 9.99. The fraction of sp³-hybridized carbons (Fsp3) is 0.571. The Morgan fingerprint density at radius 2 is 1.94 bits per heavy atom. The molecule has 2 heteroatoms. The van der Waals surface area contributed by atoms with Crippen LogP contribution < -0.4 is 5.32 Å². The van der Waals surface area contributed by atoms with Crippen molar-refractivity contribution in [3.63, 3.8) is 0 Å². The molecule has 86 valence electrons. The lowest BCUT2D eigenvalue weighted by Crippen LogP contribution is -2.23. The summed E-state index contributed by atoms with van der Waals surface area (Å²) in [7, 11) is 0. The van der Waals surface area contributed by atoms with Gasteiger partial charge >= 0.3 is 0 Å². The zero-order valence-electron chi connectivity index (χ0n) is 9.52. The van der Waals surface area contributed by atoms with Crippen LogP contribution in [-0.4, -0.2) is 17.7 Å². The molecule has 2 nitrogen and oxygen atoms in total. The van der Waals surface area contributed by atoms with E-state index in [0.29, 0.717) is 18.5 Å². The van der Waals surface area contributed by atoms with E-state index in [1.54, 1.807) is 0 Å². The first-order valence-electron chi connectivity index (χ1n) is 6.35. The average molecular weight is 217 g/mol. The van der Waals surface area contributed by atoms with Crippen molar-refractivity contribution in [2.45, 2.75) is 43.7 Å². The molecular weight excluding hydrogens is 198 g/mol. The van der Waals surface area contributed by atoms with E-state index in [1.165, 1.54) is 31.2 Å². The van der Waals surface area contributed by atoms with Gasteiger partial charge in [-0.1, -0.05) is 24.3 Å². The number of hydrogen-bond donors (Lipinski definition) is 2. The number of aliphatic hydroxyl groups is 1. The van der Waals surface area contributed by atoms with Crippen molar-refractivity contribution < 1.29 is 5.11 Å². The molecule has 1 aromatic carbocycles. The molecular formula is C14H19NO. The topological polar surface area (TPSA) is 32.3 Å². The molecule has 0 saturated heterocycles. The van der Waals surface area contributed by atoms with Crippen molar-refractivity contribution in [3.05, 3.63) is 35.4 Å². The second kappa shape index (κ2) is 4.19. The van der Waals surface area contributed by atoms with Crippen LogP contribution in [0.4, 0.5) is 0 Å². The quantitative estimate of drug-likeness (QED) is 0.793. The minimum absolute atomic E-state index is 0.336. The molecule has 0 aromatic heterocycles. The van der Waals surface area contributed by atoms with E-state index < -0.39 is 0 Å². The van der Waals surface area contributed by atoms with Gasteiger partial charge in [-0.05, 0) is 42.7 Å². The van der Waals surface area contributed by atoms with Crippen LogP contribution in [0.3, 0.4) is 0 Å². The monoisotopic (exact) mass is 217 g/mol. The molecule has 1 aromatic rings. The Labute approximate surface area is 96.7 Å². The van der Waals surface area contributed by atoms with E-state index in [1.807, 2.05) is 6.07 Å². The van der Waals surface area contributed by atoms with Gasteiger partial charge in [-0.25, -0.2) is 0 Å². The van der Waals surface area contributed by atoms with Gasteiger partial charge in [0, 0.05) is 12.6 Å². The number of rotatable bonds is 5. The third-order valence-corrected chi connectivity index (χ3v) is 3.55. The molecule has 2 aliphatic rings. The summed E-state index contributed by atoms with van der Waals surface area (Å²) < 4.78 is 0. The van der Waals surface area contributed by atoms with Crippen LogP contribution >= 0.6 is 0 Å². The maximum atomic E-state index is 10.2. The number of nitrogens with one attached hydrogen (secondary N) is 1. The van der Waals surface area contributed by atoms with Crippen LogP contribution in [0, 0.1) is 0 Å². The van der Waals surface area contributed by atoms with Crippen molar-refractivity contribution in [1.82, 2.24) is 5.32 Å². The van der Waals surface area contributed by atoms with Gasteiger partial charge in [0.05, 0.1) is 6.10 Å². The predicted octanol–water partition coefficient (Wildman–Crippen LogP) is 2.35. The highest BCUT2D eigenvalue weighted by atomic mass is 16.3. The Morgan fingerprint density at radius 1 is 1.19 bits per heavy atom. The summed E-state index contributed by atoms with van der Waals surface area (Å²) >= 11 is 0. The molecule has 0 spiro atoms. The molecule has 3 rings (SSSR count). The van der Waals surface area contributed by atoms with E-state index >= 15 is 0 Å². The van der Waals surface area contributed by atoms with E-state index in [0.717, 1.165) is 5.56 Å². The lowest BCUT2D eigenvalue weighted by molar-refractivity contribution is 0.173. The first-order chi connectivity index (χ1) is 7.84. The summed E-state index contributed by atoms with van der Waals surface area (Å²) in [6.45, 7) is 0.703. The van der Waals surface area contributed by atoms with Crippen molar-refractivity contribution in [1.29, 1.82) is 0 Å². The third kappa shape index (κ3) is 2.28. The molecule has 0 amide bonds. The van der Waals surface area contributed by atoms with Gasteiger partial charge in [-0.3, -0.25) is 0 Å². The molecule has 0 bridgehead atoms. The smallest absolute Gasteiger partial charge is 0.0917 e. The van der Waals surface area contributed by atoms with Gasteiger partial charge in [-0.15, -0.1) is 0 Å². The Hall–Kier alpha value is -0.860. The zero-order valence-corrected chi connectivity index (χ0v) is 9.52. The lowest BCUT2D eigenvalue weighted by Gasteiger charge is -2.15. The largest absolute Gasteiger partial charge is 0.387 e. The molecule has 0 aliphatic heterocycles. The van der Waals surface area contributed by atoms with Gasteiger partial charge < -0.3 is 10.4 Å². The maximum absolute atomic E-state index is 10.2. The summed E-state index contributed by atoms with van der Waals surface area (Å²) in [6.07, 6.45) is 4.80. The molecule has 2 N–H and O–H groups in total. The average Bonchev–Trinajstić information content (AvgIpc) is 3.19. The highest BCUT2D eigenvalue weighted by Gasteiger charge is 2.28. The SMILES string of the molecule is OC(CNC1CC1)c1ccccc1C1CC1. The van der Waals surface area contributed by atoms with Crippen LogP contribution in [0.15, 0.2) is 24.3 Å². The van der Waals surface area contributed by atoms with Gasteiger partial charge in [0.2, 0.25) is 0 Å². The van der Waals surface area contributed by atoms with Crippen molar-refractivity contribution >= 4 is 0 Å². The van der Waals surface area contributed by atoms with Gasteiger partial charge in [-0.2, -0.15) is 0 Å². The van der Waals surface area contributed by atoms with Gasteiger partial charge in [0.1, 0.15) is 0 Å². The molecule has 0 radical (unpaired) electrons. The van der Waals surface area contributed by atoms with Crippen LogP contribution in [0.1, 0.15) is 48.8 Å². The van der Waals surface area contributed by atoms with Crippen LogP contribution in [0.5, 0.6) is 0 Å². The number of hydrogen-bond acceptors (Lipinski definition) is 2. The Balaban J connectivity index is 1.70. The maximum Gasteiger partial charge on any atom is 0.0917 e. The van der Waals surface area contributed by atoms with E-state index in [9.17, 15) is 5.11 Å². The molecule has 2 fully saturated rings. The van der Waals surface area contributed by atoms with Crippen LogP contribution in [-0.2, 0) is 0 Å². The molecule has 1 atom stereocenters. The second-order valence-corrected chi connectivity index (χ2v) is 5.10. The third-order valence-electron chi connectivity index (χ3n) is 3.55. The first-order valence-corrected chi connectivity index (χ1v) is 6.35. The fourth-order valence-electron chi connectivity index (χ4n) is 2.26. The summed E-state index contributed by atoms with van der Waals surface area (Å²) in [5, 5.41) is 13.6. The Bertz CT molecular complexity index is 369. The minimum Gasteiger partial charge on any atom is -0.387 e. The summed E-state index contributed by atoms with van der Waals surface area (Å²) in [5.41, 5.74) is 2.51. The summed E-state index contributed by atoms with van der Waals surface area (Å²) in [6, 6.07) is 9.03. The van der Waals surface area contributed by atoms with Crippen LogP contribution in [0.2, 0.25) is 0 Å². The van der Waals surface area contributed by atoms with Crippen molar-refractivity contribution in [2.75, 3.05) is 6.54 Å². The number of aliphatic hydroxyl groups excluding tert-OH is 1. The number of benzene rings is 1. The first kappa shape index (κ1) is 10.3. The second-order valence-electron chi connectivity index (χ2n) is 5.10. The normalized spacial score (nSPS) is 22.1. The van der Waals surface area contributed by atoms with Gasteiger partial charge in [0.25, 0.3) is 0 Å². The molecule has 2 saturated carbocycles. The zero-order chi connectivity index (χ0) is 11.0.